The summed E-state index contributed by atoms with van der Waals surface area (Å²) in [4.78, 5) is 29.1. The van der Waals surface area contributed by atoms with Crippen LogP contribution in [0, 0.1) is 5.82 Å². The van der Waals surface area contributed by atoms with Crippen LogP contribution in [-0.2, 0) is 25.4 Å². The maximum absolute atomic E-state index is 13.0. The molecule has 9 nitrogen and oxygen atoms in total. The minimum absolute atomic E-state index is 0.249. The second-order valence-corrected chi connectivity index (χ2v) is 5.88. The van der Waals surface area contributed by atoms with E-state index >= 15 is 0 Å². The smallest absolute Gasteiger partial charge is 0.332 e. The Labute approximate surface area is 153 Å². The molecule has 1 N–H and O–H groups in total. The lowest BCUT2D eigenvalue weighted by Crippen LogP contribution is -2.37. The maximum atomic E-state index is 13.0. The van der Waals surface area contributed by atoms with Gasteiger partial charge in [0.2, 0.25) is 5.95 Å². The van der Waals surface area contributed by atoms with Crippen LogP contribution in [0.5, 0.6) is 0 Å². The summed E-state index contributed by atoms with van der Waals surface area (Å²) in [5.74, 6) is -0.0445. The van der Waals surface area contributed by atoms with E-state index in [0.29, 0.717) is 24.7 Å². The van der Waals surface area contributed by atoms with Crippen molar-refractivity contribution in [3.8, 4) is 0 Å². The van der Waals surface area contributed by atoms with E-state index in [1.807, 2.05) is 0 Å². The lowest BCUT2D eigenvalue weighted by molar-refractivity contribution is 0.188. The molecule has 0 spiro atoms. The number of nitrogens with one attached hydrogen (secondary N) is 1. The van der Waals surface area contributed by atoms with Crippen LogP contribution in [0.2, 0.25) is 0 Å². The fourth-order valence-electron chi connectivity index (χ4n) is 2.65. The summed E-state index contributed by atoms with van der Waals surface area (Å²) in [6.07, 6.45) is 1.50. The molecule has 2 heterocycles. The number of rotatable bonds is 6. The predicted octanol–water partition coefficient (Wildman–Crippen LogP) is 0.665. The molecule has 2 aromatic heterocycles. The van der Waals surface area contributed by atoms with Gasteiger partial charge in [-0.1, -0.05) is 12.1 Å². The van der Waals surface area contributed by atoms with Gasteiger partial charge in [0.15, 0.2) is 11.2 Å². The van der Waals surface area contributed by atoms with Gasteiger partial charge in [0.25, 0.3) is 5.56 Å². The van der Waals surface area contributed by atoms with Gasteiger partial charge in [0, 0.05) is 27.7 Å². The highest BCUT2D eigenvalue weighted by Gasteiger charge is 2.18. The first-order valence-corrected chi connectivity index (χ1v) is 8.14. The number of benzene rings is 1. The van der Waals surface area contributed by atoms with Crippen LogP contribution in [0.1, 0.15) is 5.56 Å². The second-order valence-electron chi connectivity index (χ2n) is 5.88. The van der Waals surface area contributed by atoms with Crippen molar-refractivity contribution in [1.82, 2.24) is 18.7 Å². The number of hydrogen-bond donors (Lipinski definition) is 1. The topological polar surface area (TPSA) is 95.4 Å². The maximum Gasteiger partial charge on any atom is 0.332 e. The molecule has 0 saturated heterocycles. The van der Waals surface area contributed by atoms with Crippen LogP contribution >= 0.6 is 0 Å². The van der Waals surface area contributed by atoms with E-state index in [4.69, 9.17) is 4.74 Å². The number of aryl methyl sites for hydroxylation is 1. The van der Waals surface area contributed by atoms with E-state index < -0.39 is 11.2 Å². The average molecular weight is 374 g/mol. The normalized spacial score (nSPS) is 11.6. The standard InChI is InChI=1S/C17H19FN6O3/c1-22-14-13(15(25)23(2)17(22)26)24(8-9-27-3)16(20-14)21-19-10-11-4-6-12(18)7-5-11/h4-7,10H,8-9H2,1-3H3,(H,20,21)/b19-10-. The van der Waals surface area contributed by atoms with Crippen LogP contribution in [0.15, 0.2) is 39.0 Å². The SMILES string of the molecule is COCCn1c(N/N=C\c2ccc(F)cc2)nc2c1c(=O)n(C)c(=O)n2C. The molecule has 142 valence electrons. The molecule has 3 aromatic rings. The van der Waals surface area contributed by atoms with Gasteiger partial charge in [0.05, 0.1) is 12.8 Å². The molecular weight excluding hydrogens is 355 g/mol. The van der Waals surface area contributed by atoms with Gasteiger partial charge < -0.3 is 9.30 Å². The number of hydrazone groups is 1. The van der Waals surface area contributed by atoms with Gasteiger partial charge in [-0.3, -0.25) is 13.9 Å². The Hall–Kier alpha value is -3.27. The molecule has 0 bridgehead atoms. The van der Waals surface area contributed by atoms with Crippen LogP contribution in [0.3, 0.4) is 0 Å². The zero-order valence-electron chi connectivity index (χ0n) is 15.1. The number of halogens is 1. The Kier molecular flexibility index (Phi) is 5.17. The number of methoxy groups -OCH3 is 1. The minimum Gasteiger partial charge on any atom is -0.383 e. The average Bonchev–Trinajstić information content (AvgIpc) is 3.03. The van der Waals surface area contributed by atoms with Crippen molar-refractivity contribution in [3.05, 3.63) is 56.5 Å². The van der Waals surface area contributed by atoms with Gasteiger partial charge in [0.1, 0.15) is 5.82 Å². The zero-order chi connectivity index (χ0) is 19.6. The predicted molar refractivity (Wildman–Crippen MR) is 99.7 cm³/mol. The first kappa shape index (κ1) is 18.5. The lowest BCUT2D eigenvalue weighted by atomic mass is 10.2. The Balaban J connectivity index is 2.04. The second kappa shape index (κ2) is 7.54. The molecule has 0 aliphatic heterocycles. The molecule has 1 aromatic carbocycles. The summed E-state index contributed by atoms with van der Waals surface area (Å²) in [7, 11) is 4.51. The third-order valence-electron chi connectivity index (χ3n) is 4.12. The summed E-state index contributed by atoms with van der Waals surface area (Å²) < 4.78 is 22.0. The quantitative estimate of drug-likeness (QED) is 0.505. The third-order valence-corrected chi connectivity index (χ3v) is 4.12. The van der Waals surface area contributed by atoms with Crippen molar-refractivity contribution in [2.45, 2.75) is 6.54 Å². The van der Waals surface area contributed by atoms with Crippen molar-refractivity contribution in [2.75, 3.05) is 19.1 Å². The van der Waals surface area contributed by atoms with Crippen LogP contribution in [-0.4, -0.2) is 38.6 Å². The van der Waals surface area contributed by atoms with Crippen molar-refractivity contribution >= 4 is 23.3 Å². The number of imidazole rings is 1. The van der Waals surface area contributed by atoms with Gasteiger partial charge >= 0.3 is 5.69 Å². The molecule has 0 unspecified atom stereocenters. The van der Waals surface area contributed by atoms with Crippen molar-refractivity contribution in [1.29, 1.82) is 0 Å². The summed E-state index contributed by atoms with van der Waals surface area (Å²) in [5.41, 5.74) is 3.07. The summed E-state index contributed by atoms with van der Waals surface area (Å²) in [6, 6.07) is 5.81. The Morgan fingerprint density at radius 2 is 1.93 bits per heavy atom. The highest BCUT2D eigenvalue weighted by molar-refractivity contribution is 5.80. The van der Waals surface area contributed by atoms with Crippen LogP contribution < -0.4 is 16.7 Å². The number of aromatic nitrogens is 4. The summed E-state index contributed by atoms with van der Waals surface area (Å²) in [5, 5.41) is 4.09. The highest BCUT2D eigenvalue weighted by Crippen LogP contribution is 2.15. The molecule has 0 saturated carbocycles. The van der Waals surface area contributed by atoms with Crippen molar-refractivity contribution < 1.29 is 9.13 Å². The molecule has 27 heavy (non-hydrogen) atoms. The third kappa shape index (κ3) is 3.51. The van der Waals surface area contributed by atoms with E-state index in [-0.39, 0.29) is 17.0 Å². The largest absolute Gasteiger partial charge is 0.383 e. The number of nitrogens with zero attached hydrogens (tertiary/aromatic N) is 5. The molecule has 10 heteroatoms. The Bertz CT molecular complexity index is 1110. The van der Waals surface area contributed by atoms with Crippen LogP contribution in [0.25, 0.3) is 11.2 Å². The number of hydrogen-bond acceptors (Lipinski definition) is 6. The number of ether oxygens (including phenoxy) is 1. The van der Waals surface area contributed by atoms with E-state index in [0.717, 1.165) is 4.57 Å². The van der Waals surface area contributed by atoms with Gasteiger partial charge in [-0.25, -0.2) is 14.6 Å². The first-order chi connectivity index (χ1) is 12.9. The monoisotopic (exact) mass is 374 g/mol. The van der Waals surface area contributed by atoms with E-state index in [9.17, 15) is 14.0 Å². The van der Waals surface area contributed by atoms with Gasteiger partial charge in [-0.05, 0) is 17.7 Å². The summed E-state index contributed by atoms with van der Waals surface area (Å²) >= 11 is 0. The number of fused-ring (bicyclic) bond motifs is 1. The number of anilines is 1. The summed E-state index contributed by atoms with van der Waals surface area (Å²) in [6.45, 7) is 0.683. The molecule has 0 amide bonds. The van der Waals surface area contributed by atoms with Crippen molar-refractivity contribution in [3.63, 3.8) is 0 Å². The van der Waals surface area contributed by atoms with E-state index in [1.165, 1.54) is 30.0 Å². The molecule has 0 atom stereocenters. The first-order valence-electron chi connectivity index (χ1n) is 8.14. The van der Waals surface area contributed by atoms with Crippen molar-refractivity contribution in [2.24, 2.45) is 19.2 Å². The fraction of sp³-hybridized carbons (Fsp3) is 0.294. The van der Waals surface area contributed by atoms with E-state index in [1.54, 1.807) is 30.9 Å². The van der Waals surface area contributed by atoms with Crippen LogP contribution in [0.4, 0.5) is 10.3 Å². The molecule has 0 fully saturated rings. The van der Waals surface area contributed by atoms with E-state index in [2.05, 4.69) is 15.5 Å². The fourth-order valence-corrected chi connectivity index (χ4v) is 2.65. The highest BCUT2D eigenvalue weighted by atomic mass is 19.1. The Morgan fingerprint density at radius 3 is 2.59 bits per heavy atom. The lowest BCUT2D eigenvalue weighted by Gasteiger charge is -2.08. The van der Waals surface area contributed by atoms with Gasteiger partial charge in [-0.2, -0.15) is 10.1 Å². The molecular formula is C17H19FN6O3. The molecule has 0 aliphatic carbocycles. The zero-order valence-corrected chi connectivity index (χ0v) is 15.1. The molecule has 0 radical (unpaired) electrons. The minimum atomic E-state index is -0.467. The Morgan fingerprint density at radius 1 is 1.22 bits per heavy atom. The van der Waals surface area contributed by atoms with Gasteiger partial charge in [-0.15, -0.1) is 0 Å². The molecule has 3 rings (SSSR count). The molecule has 0 aliphatic rings.